The molecule has 1 unspecified atom stereocenters. The van der Waals surface area contributed by atoms with Crippen molar-refractivity contribution in [2.75, 3.05) is 0 Å². The Labute approximate surface area is 132 Å². The van der Waals surface area contributed by atoms with Crippen molar-refractivity contribution in [3.63, 3.8) is 0 Å². The van der Waals surface area contributed by atoms with Gasteiger partial charge >= 0.3 is 6.18 Å². The van der Waals surface area contributed by atoms with Crippen molar-refractivity contribution in [2.24, 2.45) is 7.05 Å². The second kappa shape index (κ2) is 6.69. The Morgan fingerprint density at radius 3 is 2.52 bits per heavy atom. The summed E-state index contributed by atoms with van der Waals surface area (Å²) in [6.07, 6.45) is -2.98. The second-order valence-corrected chi connectivity index (χ2v) is 5.42. The Morgan fingerprint density at radius 2 is 2.00 bits per heavy atom. The van der Waals surface area contributed by atoms with Crippen LogP contribution in [-0.2, 0) is 20.0 Å². The van der Waals surface area contributed by atoms with Gasteiger partial charge < -0.3 is 4.52 Å². The van der Waals surface area contributed by atoms with E-state index in [-0.39, 0.29) is 18.0 Å². The van der Waals surface area contributed by atoms with Gasteiger partial charge in [0.25, 0.3) is 0 Å². The summed E-state index contributed by atoms with van der Waals surface area (Å²) in [4.78, 5) is 4.07. The van der Waals surface area contributed by atoms with E-state index in [1.807, 2.05) is 6.92 Å². The molecule has 0 fully saturated rings. The average Bonchev–Trinajstić information content (AvgIpc) is 2.98. The predicted molar refractivity (Wildman–Crippen MR) is 76.6 cm³/mol. The lowest BCUT2D eigenvalue weighted by Gasteiger charge is -2.21. The molecule has 128 valence electrons. The molecule has 0 saturated carbocycles. The highest BCUT2D eigenvalue weighted by atomic mass is 19.4. The zero-order valence-electron chi connectivity index (χ0n) is 13.5. The minimum Gasteiger partial charge on any atom is -0.338 e. The molecule has 0 aliphatic carbocycles. The topological polar surface area (TPSA) is 68.8 Å². The van der Waals surface area contributed by atoms with Crippen LogP contribution in [0.15, 0.2) is 4.52 Å². The molecule has 0 aliphatic heterocycles. The van der Waals surface area contributed by atoms with E-state index in [9.17, 15) is 13.2 Å². The Balaban J connectivity index is 2.19. The third kappa shape index (κ3) is 3.90. The third-order valence-electron chi connectivity index (χ3n) is 3.62. The number of rotatable bonds is 6. The highest BCUT2D eigenvalue weighted by molar-refractivity contribution is 5.29. The quantitative estimate of drug-likeness (QED) is 0.881. The van der Waals surface area contributed by atoms with Crippen LogP contribution in [0.25, 0.3) is 0 Å². The molecule has 0 aromatic carbocycles. The number of aryl methyl sites for hydroxylation is 3. The lowest BCUT2D eigenvalue weighted by Crippen LogP contribution is -2.34. The molecule has 0 saturated heterocycles. The van der Waals surface area contributed by atoms with Crippen LogP contribution in [0.5, 0.6) is 0 Å². The van der Waals surface area contributed by atoms with Crippen molar-refractivity contribution in [1.82, 2.24) is 25.2 Å². The van der Waals surface area contributed by atoms with Crippen molar-refractivity contribution in [1.29, 1.82) is 0 Å². The first-order valence-corrected chi connectivity index (χ1v) is 7.35. The first kappa shape index (κ1) is 17.5. The van der Waals surface area contributed by atoms with Gasteiger partial charge in [-0.3, -0.25) is 10.00 Å². The SMILES string of the molecule is CCCc1noc(CNC(c2c(C)nn(C)c2C)C(F)(F)F)n1. The largest absolute Gasteiger partial charge is 0.408 e. The highest BCUT2D eigenvalue weighted by Gasteiger charge is 2.43. The summed E-state index contributed by atoms with van der Waals surface area (Å²) >= 11 is 0. The van der Waals surface area contributed by atoms with Gasteiger partial charge in [0.1, 0.15) is 6.04 Å². The van der Waals surface area contributed by atoms with Gasteiger partial charge in [0.2, 0.25) is 5.89 Å². The minimum atomic E-state index is -4.45. The summed E-state index contributed by atoms with van der Waals surface area (Å²) in [7, 11) is 1.62. The van der Waals surface area contributed by atoms with Crippen LogP contribution in [-0.4, -0.2) is 26.1 Å². The van der Waals surface area contributed by atoms with Crippen molar-refractivity contribution in [3.8, 4) is 0 Å². The first-order chi connectivity index (χ1) is 10.7. The van der Waals surface area contributed by atoms with Crippen LogP contribution >= 0.6 is 0 Å². The van der Waals surface area contributed by atoms with Crippen LogP contribution in [0, 0.1) is 13.8 Å². The van der Waals surface area contributed by atoms with Crippen molar-refractivity contribution < 1.29 is 17.7 Å². The van der Waals surface area contributed by atoms with Crippen LogP contribution < -0.4 is 5.32 Å². The standard InChI is InChI=1S/C14H20F3N5O/c1-5-6-10-19-11(23-21-10)7-18-13(14(15,16)17)12-8(2)20-22(4)9(12)3/h13,18H,5-7H2,1-4H3. The predicted octanol–water partition coefficient (Wildman–Crippen LogP) is 2.77. The molecule has 2 rings (SSSR count). The summed E-state index contributed by atoms with van der Waals surface area (Å²) in [6, 6.07) is -1.84. The second-order valence-electron chi connectivity index (χ2n) is 5.42. The van der Waals surface area contributed by atoms with E-state index in [0.29, 0.717) is 23.6 Å². The summed E-state index contributed by atoms with van der Waals surface area (Å²) in [6.45, 7) is 4.98. The van der Waals surface area contributed by atoms with Crippen LogP contribution in [0.1, 0.15) is 48.1 Å². The maximum absolute atomic E-state index is 13.4. The Hall–Kier alpha value is -1.90. The van der Waals surface area contributed by atoms with Crippen LogP contribution in [0.2, 0.25) is 0 Å². The fourth-order valence-corrected chi connectivity index (χ4v) is 2.47. The van der Waals surface area contributed by atoms with Crippen molar-refractivity contribution in [2.45, 2.75) is 52.4 Å². The Bertz CT molecular complexity index is 662. The van der Waals surface area contributed by atoms with E-state index in [2.05, 4.69) is 20.6 Å². The van der Waals surface area contributed by atoms with E-state index < -0.39 is 12.2 Å². The Kier molecular flexibility index (Phi) is 5.08. The van der Waals surface area contributed by atoms with E-state index in [0.717, 1.165) is 6.42 Å². The van der Waals surface area contributed by atoms with Gasteiger partial charge in [0, 0.05) is 24.7 Å². The van der Waals surface area contributed by atoms with Crippen molar-refractivity contribution in [3.05, 3.63) is 28.7 Å². The molecular weight excluding hydrogens is 311 g/mol. The lowest BCUT2D eigenvalue weighted by molar-refractivity contribution is -0.158. The fraction of sp³-hybridized carbons (Fsp3) is 0.643. The van der Waals surface area contributed by atoms with Gasteiger partial charge in [-0.15, -0.1) is 0 Å². The molecule has 0 aliphatic rings. The van der Waals surface area contributed by atoms with Gasteiger partial charge in [-0.1, -0.05) is 12.1 Å². The molecule has 1 atom stereocenters. The van der Waals surface area contributed by atoms with E-state index in [1.165, 1.54) is 4.68 Å². The molecule has 0 spiro atoms. The van der Waals surface area contributed by atoms with Gasteiger partial charge in [-0.05, 0) is 20.3 Å². The molecule has 9 heteroatoms. The number of hydrogen-bond acceptors (Lipinski definition) is 5. The van der Waals surface area contributed by atoms with Gasteiger partial charge in [-0.25, -0.2) is 0 Å². The lowest BCUT2D eigenvalue weighted by atomic mass is 10.0. The number of aromatic nitrogens is 4. The maximum atomic E-state index is 13.4. The van der Waals surface area contributed by atoms with Crippen LogP contribution in [0.4, 0.5) is 13.2 Å². The maximum Gasteiger partial charge on any atom is 0.408 e. The summed E-state index contributed by atoms with van der Waals surface area (Å²) in [5, 5.41) is 10.3. The fourth-order valence-electron chi connectivity index (χ4n) is 2.47. The molecule has 2 heterocycles. The monoisotopic (exact) mass is 331 g/mol. The zero-order valence-corrected chi connectivity index (χ0v) is 13.5. The molecule has 23 heavy (non-hydrogen) atoms. The molecule has 2 aromatic rings. The molecule has 1 N–H and O–H groups in total. The highest BCUT2D eigenvalue weighted by Crippen LogP contribution is 2.35. The minimum absolute atomic E-state index is 0.133. The first-order valence-electron chi connectivity index (χ1n) is 7.35. The van der Waals surface area contributed by atoms with E-state index in [1.54, 1.807) is 20.9 Å². The number of alkyl halides is 3. The molecule has 6 nitrogen and oxygen atoms in total. The zero-order chi connectivity index (χ0) is 17.2. The molecule has 0 radical (unpaired) electrons. The molecule has 2 aromatic heterocycles. The smallest absolute Gasteiger partial charge is 0.338 e. The van der Waals surface area contributed by atoms with E-state index >= 15 is 0 Å². The number of hydrogen-bond donors (Lipinski definition) is 1. The number of nitrogens with zero attached hydrogens (tertiary/aromatic N) is 4. The normalized spacial score (nSPS) is 13.5. The number of nitrogens with one attached hydrogen (secondary N) is 1. The summed E-state index contributed by atoms with van der Waals surface area (Å²) in [5.74, 6) is 0.642. The Morgan fingerprint density at radius 1 is 1.30 bits per heavy atom. The van der Waals surface area contributed by atoms with Crippen molar-refractivity contribution >= 4 is 0 Å². The molecule has 0 bridgehead atoms. The van der Waals surface area contributed by atoms with E-state index in [4.69, 9.17) is 4.52 Å². The van der Waals surface area contributed by atoms with Crippen LogP contribution in [0.3, 0.4) is 0 Å². The number of halogens is 3. The van der Waals surface area contributed by atoms with Gasteiger partial charge in [0.05, 0.1) is 12.2 Å². The van der Waals surface area contributed by atoms with Gasteiger partial charge in [0.15, 0.2) is 5.82 Å². The average molecular weight is 331 g/mol. The third-order valence-corrected chi connectivity index (χ3v) is 3.62. The van der Waals surface area contributed by atoms with Gasteiger partial charge in [-0.2, -0.15) is 23.3 Å². The summed E-state index contributed by atoms with van der Waals surface area (Å²) in [5.41, 5.74) is 0.944. The summed E-state index contributed by atoms with van der Waals surface area (Å²) < 4.78 is 46.7. The molecular formula is C14H20F3N5O. The molecule has 0 amide bonds.